The molecular weight excluding hydrogens is 728 g/mol. The van der Waals surface area contributed by atoms with E-state index in [1.807, 2.05) is 13.8 Å². The van der Waals surface area contributed by atoms with Crippen molar-refractivity contribution in [1.29, 1.82) is 0 Å². The first kappa shape index (κ1) is 41.2. The molecule has 1 spiro atoms. The highest BCUT2D eigenvalue weighted by Gasteiger charge is 2.73. The summed E-state index contributed by atoms with van der Waals surface area (Å²) in [7, 11) is 0. The van der Waals surface area contributed by atoms with Crippen LogP contribution in [0.2, 0.25) is 0 Å². The van der Waals surface area contributed by atoms with E-state index in [1.165, 1.54) is 0 Å². The Hall–Kier alpha value is -1.53. The van der Waals surface area contributed by atoms with Crippen molar-refractivity contribution in [3.8, 4) is 0 Å². The van der Waals surface area contributed by atoms with E-state index in [1.54, 1.807) is 0 Å². The molecule has 56 heavy (non-hydrogen) atoms. The lowest BCUT2D eigenvalue weighted by Crippen LogP contribution is -2.71. The van der Waals surface area contributed by atoms with E-state index in [0.29, 0.717) is 25.7 Å². The molecule has 5 aliphatic carbocycles. The lowest BCUT2D eigenvalue weighted by atomic mass is 9.35. The molecule has 2 bridgehead atoms. The fourth-order valence-corrected chi connectivity index (χ4v) is 13.6. The van der Waals surface area contributed by atoms with Gasteiger partial charge in [-0.2, -0.15) is 0 Å². The van der Waals surface area contributed by atoms with Gasteiger partial charge in [0.1, 0.15) is 60.0 Å². The minimum absolute atomic E-state index is 0.164. The third-order valence-electron chi connectivity index (χ3n) is 17.4. The number of carbonyl (C=O) groups excluding carboxylic acids is 1. The van der Waals surface area contributed by atoms with Crippen molar-refractivity contribution in [1.82, 2.24) is 0 Å². The molecule has 0 aromatic rings. The molecule has 9 rings (SSSR count). The fourth-order valence-electron chi connectivity index (χ4n) is 13.6. The second kappa shape index (κ2) is 13.2. The van der Waals surface area contributed by atoms with Crippen LogP contribution >= 0.6 is 0 Å². The molecule has 0 radical (unpaired) electrons. The summed E-state index contributed by atoms with van der Waals surface area (Å²) in [5.41, 5.74) is -2.17. The minimum atomic E-state index is -1.76. The SMILES string of the molecule is CC1(C)[C@@H](O[C@@H]2O[C@H](CO)[C@@H](O)[C@H](O)[C@H]2O[C@@H]2O[C@H](CO)[C@@H](O)[C@H](O)[C@H]2O)CC[C@]2(C)[C@H]3C=CC4=C5[C@]6(CC[C@](C)(OC6=O)[C@@]5(C)O)CC[C@@]4(C)[C@]3(C)CC[C@@H]12. The fraction of sp³-hybridized carbons (Fsp3) is 0.881. The number of fused-ring (bicyclic) bond motifs is 7. The van der Waals surface area contributed by atoms with Gasteiger partial charge >= 0.3 is 5.97 Å². The van der Waals surface area contributed by atoms with Gasteiger partial charge in [-0.3, -0.25) is 4.79 Å². The van der Waals surface area contributed by atoms with Crippen LogP contribution < -0.4 is 0 Å². The van der Waals surface area contributed by atoms with Crippen LogP contribution in [-0.2, 0) is 28.5 Å². The molecule has 316 valence electrons. The van der Waals surface area contributed by atoms with Crippen molar-refractivity contribution in [2.24, 2.45) is 38.9 Å². The number of aliphatic hydroxyl groups is 8. The topological polar surface area (TPSA) is 225 Å². The Morgan fingerprint density at radius 3 is 2.00 bits per heavy atom. The second-order valence-corrected chi connectivity index (χ2v) is 20.2. The van der Waals surface area contributed by atoms with Gasteiger partial charge in [0.25, 0.3) is 0 Å². The molecule has 14 heteroatoms. The number of esters is 1. The molecule has 14 nitrogen and oxygen atoms in total. The number of rotatable bonds is 6. The summed E-state index contributed by atoms with van der Waals surface area (Å²) in [4.78, 5) is 13.7. The van der Waals surface area contributed by atoms with Crippen LogP contribution in [0.1, 0.15) is 99.8 Å². The lowest BCUT2D eigenvalue weighted by Gasteiger charge is -2.71. The second-order valence-electron chi connectivity index (χ2n) is 20.2. The molecule has 9 aliphatic rings. The van der Waals surface area contributed by atoms with Crippen molar-refractivity contribution in [2.45, 2.75) is 179 Å². The number of aliphatic hydroxyl groups excluding tert-OH is 7. The van der Waals surface area contributed by atoms with E-state index < -0.39 is 103 Å². The van der Waals surface area contributed by atoms with Gasteiger partial charge < -0.3 is 64.5 Å². The Labute approximate surface area is 328 Å². The first-order valence-corrected chi connectivity index (χ1v) is 20.7. The quantitative estimate of drug-likeness (QED) is 0.141. The molecule has 19 atom stereocenters. The molecular formula is C42H64O14. The zero-order chi connectivity index (χ0) is 40.8. The maximum atomic E-state index is 13.7. The zero-order valence-electron chi connectivity index (χ0n) is 33.8. The monoisotopic (exact) mass is 792 g/mol. The predicted octanol–water partition coefficient (Wildman–Crippen LogP) is 1.37. The summed E-state index contributed by atoms with van der Waals surface area (Å²) in [5.74, 6) is 0.146. The molecule has 7 fully saturated rings. The maximum Gasteiger partial charge on any atom is 0.317 e. The van der Waals surface area contributed by atoms with Gasteiger partial charge in [0.15, 0.2) is 12.6 Å². The minimum Gasteiger partial charge on any atom is -0.455 e. The summed E-state index contributed by atoms with van der Waals surface area (Å²) in [6.07, 6.45) is -5.03. The molecule has 8 N–H and O–H groups in total. The van der Waals surface area contributed by atoms with Crippen molar-refractivity contribution in [3.63, 3.8) is 0 Å². The lowest BCUT2D eigenvalue weighted by molar-refractivity contribution is -0.378. The third-order valence-corrected chi connectivity index (χ3v) is 17.4. The Morgan fingerprint density at radius 2 is 1.36 bits per heavy atom. The highest BCUT2D eigenvalue weighted by molar-refractivity contribution is 5.86. The number of allylic oxidation sites excluding steroid dienone is 3. The predicted molar refractivity (Wildman–Crippen MR) is 197 cm³/mol. The van der Waals surface area contributed by atoms with E-state index in [4.69, 9.17) is 23.7 Å². The molecule has 4 aliphatic heterocycles. The van der Waals surface area contributed by atoms with Gasteiger partial charge in [0, 0.05) is 0 Å². The highest BCUT2D eigenvalue weighted by atomic mass is 16.8. The standard InChI is InChI=1S/C42H64O14/c1-36(2)23-10-13-39(5)24(9-8-20-32-41(7,51)40(6)15-17-42(32,35(50)56-40)16-14-38(20,39)4)37(23,3)12-11-25(36)54-34-31(29(48)27(46)22(19-44)53-34)55-33-30(49)28(47)26(45)21(18-43)52-33/h8-9,21-31,33-34,43-49,51H,10-19H2,1-7H3/t21-,22-,23+,24-,25+,26-,27-,28+,29+,30-,31-,33+,34+,37+,38-,39-,40+,41+,42-/m1/s1. The van der Waals surface area contributed by atoms with E-state index >= 15 is 0 Å². The number of hydrogen-bond acceptors (Lipinski definition) is 14. The summed E-state index contributed by atoms with van der Waals surface area (Å²) in [6.45, 7) is 13.9. The average molecular weight is 793 g/mol. The van der Waals surface area contributed by atoms with Crippen LogP contribution in [0.3, 0.4) is 0 Å². The van der Waals surface area contributed by atoms with E-state index in [2.05, 4.69) is 46.8 Å². The van der Waals surface area contributed by atoms with Gasteiger partial charge in [-0.1, -0.05) is 46.8 Å². The average Bonchev–Trinajstić information content (AvgIpc) is 3.13. The van der Waals surface area contributed by atoms with E-state index in [9.17, 15) is 45.6 Å². The number of ether oxygens (including phenoxy) is 5. The summed E-state index contributed by atoms with van der Waals surface area (Å²) in [5, 5.41) is 85.7. The molecule has 0 amide bonds. The first-order chi connectivity index (χ1) is 26.1. The Morgan fingerprint density at radius 1 is 0.732 bits per heavy atom. The maximum absolute atomic E-state index is 13.7. The Balaban J connectivity index is 1.09. The summed E-state index contributed by atoms with van der Waals surface area (Å²) >= 11 is 0. The van der Waals surface area contributed by atoms with Crippen molar-refractivity contribution in [3.05, 3.63) is 23.3 Å². The van der Waals surface area contributed by atoms with E-state index in [0.717, 1.165) is 36.8 Å². The first-order valence-electron chi connectivity index (χ1n) is 20.7. The van der Waals surface area contributed by atoms with Crippen LogP contribution in [0.5, 0.6) is 0 Å². The number of carbonyl (C=O) groups is 1. The third kappa shape index (κ3) is 5.27. The molecule has 4 heterocycles. The smallest absolute Gasteiger partial charge is 0.317 e. The van der Waals surface area contributed by atoms with Gasteiger partial charge in [-0.15, -0.1) is 0 Å². The van der Waals surface area contributed by atoms with Crippen LogP contribution in [0.15, 0.2) is 23.3 Å². The van der Waals surface area contributed by atoms with Crippen molar-refractivity contribution >= 4 is 5.97 Å². The Bertz CT molecular complexity index is 1640. The van der Waals surface area contributed by atoms with Gasteiger partial charge in [-0.05, 0) is 110 Å². The van der Waals surface area contributed by atoms with Gasteiger partial charge in [0.2, 0.25) is 0 Å². The normalized spacial score (nSPS) is 56.1. The van der Waals surface area contributed by atoms with Crippen LogP contribution in [0.4, 0.5) is 0 Å². The van der Waals surface area contributed by atoms with Crippen molar-refractivity contribution < 1.29 is 69.3 Å². The van der Waals surface area contributed by atoms with Crippen LogP contribution in [0, 0.1) is 38.9 Å². The van der Waals surface area contributed by atoms with E-state index in [-0.39, 0.29) is 34.1 Å². The molecule has 0 aromatic carbocycles. The van der Waals surface area contributed by atoms with Crippen LogP contribution in [-0.4, -0.2) is 139 Å². The zero-order valence-corrected chi connectivity index (χ0v) is 33.8. The van der Waals surface area contributed by atoms with Gasteiger partial charge in [-0.25, -0.2) is 0 Å². The number of hydrogen-bond donors (Lipinski definition) is 8. The van der Waals surface area contributed by atoms with Crippen molar-refractivity contribution in [2.75, 3.05) is 13.2 Å². The summed E-state index contributed by atoms with van der Waals surface area (Å²) in [6, 6.07) is 0. The molecule has 0 unspecified atom stereocenters. The van der Waals surface area contributed by atoms with Gasteiger partial charge in [0.05, 0.1) is 24.7 Å². The highest BCUT2D eigenvalue weighted by Crippen LogP contribution is 2.75. The molecule has 3 saturated carbocycles. The molecule has 4 saturated heterocycles. The Kier molecular flexibility index (Phi) is 9.74. The summed E-state index contributed by atoms with van der Waals surface area (Å²) < 4.78 is 30.4. The largest absolute Gasteiger partial charge is 0.455 e. The van der Waals surface area contributed by atoms with Crippen LogP contribution in [0.25, 0.3) is 0 Å². The molecule has 0 aromatic heterocycles.